The fourth-order valence-corrected chi connectivity index (χ4v) is 5.18. The molecule has 0 atom stereocenters. The predicted octanol–water partition coefficient (Wildman–Crippen LogP) is 0.481. The van der Waals surface area contributed by atoms with Crippen LogP contribution < -0.4 is 10.5 Å². The SMILES string of the molecule is NS(=O)(=O)c1cccc(NC(=O)CSc2ccc(S(=O)(=O)N3CCOCC3)cn2)c1. The van der Waals surface area contributed by atoms with Gasteiger partial charge in [0.05, 0.1) is 28.9 Å². The number of carbonyl (C=O) groups excluding carboxylic acids is 1. The molecule has 0 saturated carbocycles. The molecule has 0 unspecified atom stereocenters. The highest BCUT2D eigenvalue weighted by molar-refractivity contribution is 7.99. The number of rotatable bonds is 7. The Morgan fingerprint density at radius 3 is 2.50 bits per heavy atom. The van der Waals surface area contributed by atoms with Gasteiger partial charge in [0, 0.05) is 25.0 Å². The summed E-state index contributed by atoms with van der Waals surface area (Å²) in [5.41, 5.74) is 0.298. The summed E-state index contributed by atoms with van der Waals surface area (Å²) in [6, 6.07) is 8.59. The summed E-state index contributed by atoms with van der Waals surface area (Å²) in [4.78, 5) is 16.2. The number of thioether (sulfide) groups is 1. The minimum absolute atomic E-state index is 0.00215. The van der Waals surface area contributed by atoms with Crippen molar-refractivity contribution in [2.45, 2.75) is 14.8 Å². The third kappa shape index (κ3) is 5.77. The lowest BCUT2D eigenvalue weighted by molar-refractivity contribution is -0.113. The molecule has 3 rings (SSSR count). The number of ether oxygens (including phenoxy) is 1. The Labute approximate surface area is 178 Å². The number of aromatic nitrogens is 1. The Morgan fingerprint density at radius 1 is 1.13 bits per heavy atom. The minimum atomic E-state index is -3.87. The van der Waals surface area contributed by atoms with Gasteiger partial charge in [0.15, 0.2) is 0 Å². The second-order valence-corrected chi connectivity index (χ2v) is 10.8. The fourth-order valence-electron chi connectivity index (χ4n) is 2.63. The third-order valence-electron chi connectivity index (χ3n) is 4.11. The van der Waals surface area contributed by atoms with Crippen molar-refractivity contribution in [1.82, 2.24) is 9.29 Å². The highest BCUT2D eigenvalue weighted by Gasteiger charge is 2.26. The van der Waals surface area contributed by atoms with Crippen LogP contribution in [-0.4, -0.2) is 64.1 Å². The number of amides is 1. The van der Waals surface area contributed by atoms with Gasteiger partial charge in [-0.1, -0.05) is 17.8 Å². The van der Waals surface area contributed by atoms with E-state index < -0.39 is 20.0 Å². The van der Waals surface area contributed by atoms with Crippen LogP contribution in [0.5, 0.6) is 0 Å². The van der Waals surface area contributed by atoms with E-state index in [-0.39, 0.29) is 21.5 Å². The number of pyridine rings is 1. The molecule has 10 nitrogen and oxygen atoms in total. The van der Waals surface area contributed by atoms with Crippen LogP contribution in [0.25, 0.3) is 0 Å². The monoisotopic (exact) mass is 472 g/mol. The van der Waals surface area contributed by atoms with Crippen molar-refractivity contribution in [3.8, 4) is 0 Å². The molecule has 0 radical (unpaired) electrons. The number of primary sulfonamides is 1. The first-order valence-corrected chi connectivity index (χ1v) is 12.7. The average Bonchev–Trinajstić information content (AvgIpc) is 2.73. The van der Waals surface area contributed by atoms with Gasteiger partial charge in [-0.25, -0.2) is 27.0 Å². The van der Waals surface area contributed by atoms with E-state index >= 15 is 0 Å². The molecule has 0 aliphatic carbocycles. The number of hydrogen-bond acceptors (Lipinski definition) is 8. The predicted molar refractivity (Wildman–Crippen MR) is 111 cm³/mol. The maximum atomic E-state index is 12.6. The quantitative estimate of drug-likeness (QED) is 0.553. The molecule has 0 spiro atoms. The summed E-state index contributed by atoms with van der Waals surface area (Å²) in [6.07, 6.45) is 1.26. The Morgan fingerprint density at radius 2 is 1.87 bits per heavy atom. The van der Waals surface area contributed by atoms with Gasteiger partial charge in [0.25, 0.3) is 0 Å². The second-order valence-electron chi connectivity index (χ2n) is 6.26. The molecule has 0 bridgehead atoms. The molecule has 1 aromatic heterocycles. The lowest BCUT2D eigenvalue weighted by Crippen LogP contribution is -2.40. The van der Waals surface area contributed by atoms with Crippen LogP contribution in [-0.2, 0) is 29.6 Å². The van der Waals surface area contributed by atoms with Gasteiger partial charge < -0.3 is 10.1 Å². The molecule has 2 heterocycles. The first-order valence-electron chi connectivity index (χ1n) is 8.76. The molecule has 13 heteroatoms. The number of nitrogens with zero attached hydrogens (tertiary/aromatic N) is 2. The molecule has 1 aliphatic heterocycles. The van der Waals surface area contributed by atoms with Crippen LogP contribution in [0.15, 0.2) is 57.4 Å². The molecule has 30 heavy (non-hydrogen) atoms. The van der Waals surface area contributed by atoms with Gasteiger partial charge in [0.1, 0.15) is 4.90 Å². The van der Waals surface area contributed by atoms with Gasteiger partial charge in [0.2, 0.25) is 26.0 Å². The van der Waals surface area contributed by atoms with Gasteiger partial charge in [-0.15, -0.1) is 0 Å². The van der Waals surface area contributed by atoms with Crippen LogP contribution in [0.3, 0.4) is 0 Å². The van der Waals surface area contributed by atoms with E-state index in [1.165, 1.54) is 40.8 Å². The largest absolute Gasteiger partial charge is 0.379 e. The molecule has 3 N–H and O–H groups in total. The van der Waals surface area contributed by atoms with Crippen molar-refractivity contribution in [3.05, 3.63) is 42.6 Å². The highest BCUT2D eigenvalue weighted by Crippen LogP contribution is 2.21. The third-order valence-corrected chi connectivity index (χ3v) is 7.85. The van der Waals surface area contributed by atoms with Gasteiger partial charge in [-0.2, -0.15) is 4.31 Å². The van der Waals surface area contributed by atoms with Crippen molar-refractivity contribution in [1.29, 1.82) is 0 Å². The molecule has 1 aromatic carbocycles. The number of hydrogen-bond donors (Lipinski definition) is 2. The van der Waals surface area contributed by atoms with E-state index in [1.807, 2.05) is 0 Å². The van der Waals surface area contributed by atoms with E-state index in [0.717, 1.165) is 11.8 Å². The van der Waals surface area contributed by atoms with Gasteiger partial charge in [-0.05, 0) is 30.3 Å². The van der Waals surface area contributed by atoms with Gasteiger partial charge in [-0.3, -0.25) is 4.79 Å². The van der Waals surface area contributed by atoms with Crippen molar-refractivity contribution in [2.24, 2.45) is 5.14 Å². The number of benzene rings is 1. The molecule has 1 aliphatic rings. The fraction of sp³-hybridized carbons (Fsp3) is 0.294. The molecule has 1 amide bonds. The standard InChI is InChI=1S/C17H20N4O6S3/c18-29(23,24)14-3-1-2-13(10-14)20-16(22)12-28-17-5-4-15(11-19-17)30(25,26)21-6-8-27-9-7-21/h1-5,10-11H,6-9,12H2,(H,20,22)(H2,18,23,24). The first kappa shape index (κ1) is 22.7. The smallest absolute Gasteiger partial charge is 0.244 e. The molecule has 1 saturated heterocycles. The van der Waals surface area contributed by atoms with Crippen molar-refractivity contribution in [2.75, 3.05) is 37.4 Å². The molecule has 1 fully saturated rings. The number of nitrogens with two attached hydrogens (primary N) is 1. The van der Waals surface area contributed by atoms with E-state index in [2.05, 4.69) is 10.3 Å². The lowest BCUT2D eigenvalue weighted by Gasteiger charge is -2.25. The summed E-state index contributed by atoms with van der Waals surface area (Å²) in [5.74, 6) is -0.374. The van der Waals surface area contributed by atoms with E-state index in [0.29, 0.717) is 37.0 Å². The summed E-state index contributed by atoms with van der Waals surface area (Å²) in [6.45, 7) is 1.31. The molecule has 2 aromatic rings. The van der Waals surface area contributed by atoms with Crippen LogP contribution >= 0.6 is 11.8 Å². The lowest BCUT2D eigenvalue weighted by atomic mass is 10.3. The molecular formula is C17H20N4O6S3. The second kappa shape index (κ2) is 9.41. The van der Waals surface area contributed by atoms with Crippen LogP contribution in [0.2, 0.25) is 0 Å². The normalized spacial score (nSPS) is 15.6. The Bertz CT molecular complexity index is 1110. The van der Waals surface area contributed by atoms with Crippen molar-refractivity contribution in [3.63, 3.8) is 0 Å². The zero-order valence-corrected chi connectivity index (χ0v) is 18.2. The van der Waals surface area contributed by atoms with E-state index in [9.17, 15) is 21.6 Å². The molecular weight excluding hydrogens is 452 g/mol. The maximum absolute atomic E-state index is 12.6. The zero-order valence-electron chi connectivity index (χ0n) is 15.7. The van der Waals surface area contributed by atoms with Crippen molar-refractivity contribution < 1.29 is 26.4 Å². The first-order chi connectivity index (χ1) is 14.2. The summed E-state index contributed by atoms with van der Waals surface area (Å²) >= 11 is 1.12. The Hall–Kier alpha value is -2.03. The summed E-state index contributed by atoms with van der Waals surface area (Å²) in [7, 11) is -7.49. The summed E-state index contributed by atoms with van der Waals surface area (Å²) < 4.78 is 54.4. The minimum Gasteiger partial charge on any atom is -0.379 e. The number of nitrogens with one attached hydrogen (secondary N) is 1. The number of sulfonamides is 2. The highest BCUT2D eigenvalue weighted by atomic mass is 32.2. The van der Waals surface area contributed by atoms with E-state index in [1.54, 1.807) is 6.07 Å². The van der Waals surface area contributed by atoms with Gasteiger partial charge >= 0.3 is 0 Å². The Balaban J connectivity index is 1.58. The van der Waals surface area contributed by atoms with E-state index in [4.69, 9.17) is 9.88 Å². The Kier molecular flexibility index (Phi) is 7.10. The maximum Gasteiger partial charge on any atom is 0.244 e. The zero-order chi connectivity index (χ0) is 21.8. The average molecular weight is 473 g/mol. The number of anilines is 1. The van der Waals surface area contributed by atoms with Crippen LogP contribution in [0.1, 0.15) is 0 Å². The summed E-state index contributed by atoms with van der Waals surface area (Å²) in [5, 5.41) is 8.13. The van der Waals surface area contributed by atoms with Crippen molar-refractivity contribution >= 4 is 43.4 Å². The number of carbonyl (C=O) groups is 1. The topological polar surface area (TPSA) is 149 Å². The number of morpholine rings is 1. The van der Waals surface area contributed by atoms with Crippen LogP contribution in [0.4, 0.5) is 5.69 Å². The molecule has 162 valence electrons. The van der Waals surface area contributed by atoms with Crippen LogP contribution in [0, 0.1) is 0 Å².